The topological polar surface area (TPSA) is 66.5 Å². The molecule has 0 unspecified atom stereocenters. The number of carbonyl (C=O) groups excluding carboxylic acids is 1. The Morgan fingerprint density at radius 1 is 1.35 bits per heavy atom. The van der Waals surface area contributed by atoms with Crippen molar-refractivity contribution in [3.05, 3.63) is 16.3 Å². The summed E-state index contributed by atoms with van der Waals surface area (Å²) in [5.41, 5.74) is 0. The molecule has 0 spiro atoms. The molecule has 0 aliphatic carbocycles. The molecule has 0 radical (unpaired) electrons. The molecule has 2 rings (SSSR count). The fraction of sp³-hybridized carbons (Fsp3) is 0.545. The number of hydrogen-bond acceptors (Lipinski definition) is 5. The first-order valence-corrected chi connectivity index (χ1v) is 8.46. The lowest BCUT2D eigenvalue weighted by Crippen LogP contribution is -2.34. The fourth-order valence-electron chi connectivity index (χ4n) is 1.97. The van der Waals surface area contributed by atoms with Crippen LogP contribution in [0.5, 0.6) is 0 Å². The highest BCUT2D eigenvalue weighted by Gasteiger charge is 2.33. The molecule has 0 saturated carbocycles. The third kappa shape index (κ3) is 2.99. The lowest BCUT2D eigenvalue weighted by atomic mass is 10.3. The second-order valence-electron chi connectivity index (χ2n) is 4.32. The highest BCUT2D eigenvalue weighted by Crippen LogP contribution is 2.28. The smallest absolute Gasteiger partial charge is 0.337 e. The average molecular weight is 324 g/mol. The van der Waals surface area contributed by atoms with Gasteiger partial charge in [-0.25, -0.2) is 8.42 Å². The van der Waals surface area contributed by atoms with E-state index < -0.39 is 26.4 Å². The van der Waals surface area contributed by atoms with E-state index in [0.29, 0.717) is 19.6 Å². The molecule has 9 heteroatoms. The van der Waals surface area contributed by atoms with E-state index in [1.807, 2.05) is 0 Å². The van der Waals surface area contributed by atoms with Crippen molar-refractivity contribution in [2.45, 2.75) is 17.1 Å². The van der Waals surface area contributed by atoms with Gasteiger partial charge >= 0.3 is 5.76 Å². The number of alkyl halides is 2. The first kappa shape index (κ1) is 15.3. The first-order chi connectivity index (χ1) is 9.44. The van der Waals surface area contributed by atoms with E-state index in [2.05, 4.69) is 5.32 Å². The monoisotopic (exact) mass is 324 g/mol. The Morgan fingerprint density at radius 3 is 2.80 bits per heavy atom. The molecule has 1 fully saturated rings. The molecule has 1 aromatic rings. The van der Waals surface area contributed by atoms with E-state index in [0.717, 1.165) is 30.4 Å². The van der Waals surface area contributed by atoms with Crippen LogP contribution in [0.25, 0.3) is 0 Å². The zero-order valence-electron chi connectivity index (χ0n) is 10.5. The molecule has 1 aliphatic rings. The van der Waals surface area contributed by atoms with E-state index in [4.69, 9.17) is 0 Å². The number of hydrogen-bond donors (Lipinski definition) is 1. The van der Waals surface area contributed by atoms with Crippen LogP contribution >= 0.6 is 11.3 Å². The predicted molar refractivity (Wildman–Crippen MR) is 70.9 cm³/mol. The van der Waals surface area contributed by atoms with Crippen LogP contribution in [0.2, 0.25) is 0 Å². The molecule has 0 atom stereocenters. The van der Waals surface area contributed by atoms with Gasteiger partial charge in [-0.3, -0.25) is 4.79 Å². The molecule has 2 heterocycles. The van der Waals surface area contributed by atoms with Crippen molar-refractivity contribution in [2.24, 2.45) is 0 Å². The second kappa shape index (κ2) is 6.15. The van der Waals surface area contributed by atoms with Crippen LogP contribution < -0.4 is 5.32 Å². The van der Waals surface area contributed by atoms with Crippen molar-refractivity contribution >= 4 is 27.1 Å². The van der Waals surface area contributed by atoms with Gasteiger partial charge in [-0.05, 0) is 24.4 Å². The fourth-order valence-corrected chi connectivity index (χ4v) is 4.09. The van der Waals surface area contributed by atoms with Gasteiger partial charge < -0.3 is 10.2 Å². The molecule has 1 N–H and O–H groups in total. The van der Waals surface area contributed by atoms with Crippen LogP contribution in [0.4, 0.5) is 8.78 Å². The molecule has 20 heavy (non-hydrogen) atoms. The van der Waals surface area contributed by atoms with E-state index in [9.17, 15) is 22.0 Å². The van der Waals surface area contributed by atoms with Crippen molar-refractivity contribution in [3.63, 3.8) is 0 Å². The molecular weight excluding hydrogens is 310 g/mol. The number of rotatable bonds is 3. The Balaban J connectivity index is 2.30. The van der Waals surface area contributed by atoms with Crippen molar-refractivity contribution in [2.75, 3.05) is 26.2 Å². The standard InChI is InChI=1S/C11H14F2N2O3S2/c12-11(13)20(17,18)8-2-7-19-9(8)10(16)15-5-1-3-14-4-6-15/h2,7,11,14H,1,3-6H2. The van der Waals surface area contributed by atoms with Crippen LogP contribution in [0.1, 0.15) is 16.1 Å². The zero-order valence-corrected chi connectivity index (χ0v) is 12.1. The van der Waals surface area contributed by atoms with Gasteiger partial charge in [0.25, 0.3) is 5.91 Å². The van der Waals surface area contributed by atoms with E-state index >= 15 is 0 Å². The maximum atomic E-state index is 12.6. The number of sulfone groups is 1. The highest BCUT2D eigenvalue weighted by atomic mass is 32.2. The van der Waals surface area contributed by atoms with Gasteiger partial charge in [0.15, 0.2) is 0 Å². The van der Waals surface area contributed by atoms with E-state index in [-0.39, 0.29) is 4.88 Å². The largest absolute Gasteiger partial charge is 0.341 e. The van der Waals surface area contributed by atoms with E-state index in [1.54, 1.807) is 0 Å². The van der Waals surface area contributed by atoms with Gasteiger partial charge in [-0.15, -0.1) is 11.3 Å². The number of nitrogens with one attached hydrogen (secondary N) is 1. The van der Waals surface area contributed by atoms with Crippen LogP contribution in [0.15, 0.2) is 16.3 Å². The summed E-state index contributed by atoms with van der Waals surface area (Å²) >= 11 is 0.878. The third-order valence-corrected chi connectivity index (χ3v) is 5.45. The Hall–Kier alpha value is -1.06. The van der Waals surface area contributed by atoms with Gasteiger partial charge in [-0.2, -0.15) is 8.78 Å². The predicted octanol–water partition coefficient (Wildman–Crippen LogP) is 1.18. The van der Waals surface area contributed by atoms with Gasteiger partial charge in [0.2, 0.25) is 9.84 Å². The second-order valence-corrected chi connectivity index (χ2v) is 7.12. The molecule has 1 amide bonds. The Morgan fingerprint density at radius 2 is 2.10 bits per heavy atom. The van der Waals surface area contributed by atoms with Crippen LogP contribution in [-0.4, -0.2) is 51.2 Å². The summed E-state index contributed by atoms with van der Waals surface area (Å²) in [6, 6.07) is 1.06. The Kier molecular flexibility index (Phi) is 4.71. The number of nitrogens with zero attached hydrogens (tertiary/aromatic N) is 1. The van der Waals surface area contributed by atoms with Gasteiger partial charge in [-0.1, -0.05) is 0 Å². The number of thiophene rings is 1. The number of amides is 1. The zero-order chi connectivity index (χ0) is 14.8. The first-order valence-electron chi connectivity index (χ1n) is 6.04. The lowest BCUT2D eigenvalue weighted by Gasteiger charge is -2.19. The van der Waals surface area contributed by atoms with Crippen molar-refractivity contribution in [1.29, 1.82) is 0 Å². The molecule has 1 aliphatic heterocycles. The Bertz CT molecular complexity index is 578. The van der Waals surface area contributed by atoms with Crippen LogP contribution in [-0.2, 0) is 9.84 Å². The lowest BCUT2D eigenvalue weighted by molar-refractivity contribution is 0.0767. The normalized spacial score (nSPS) is 17.2. The van der Waals surface area contributed by atoms with Crippen LogP contribution in [0.3, 0.4) is 0 Å². The maximum Gasteiger partial charge on any atom is 0.341 e. The molecule has 112 valence electrons. The van der Waals surface area contributed by atoms with Crippen molar-refractivity contribution < 1.29 is 22.0 Å². The number of halogens is 2. The summed E-state index contributed by atoms with van der Waals surface area (Å²) in [5.74, 6) is -4.02. The number of carbonyl (C=O) groups is 1. The third-order valence-electron chi connectivity index (χ3n) is 2.99. The summed E-state index contributed by atoms with van der Waals surface area (Å²) < 4.78 is 48.3. The summed E-state index contributed by atoms with van der Waals surface area (Å²) in [7, 11) is -4.74. The summed E-state index contributed by atoms with van der Waals surface area (Å²) in [5, 5.41) is 4.46. The SMILES string of the molecule is O=C(c1sccc1S(=O)(=O)C(F)F)N1CCCNCC1. The Labute approximate surface area is 119 Å². The maximum absolute atomic E-state index is 12.6. The molecule has 1 aromatic heterocycles. The summed E-state index contributed by atoms with van der Waals surface area (Å²) in [6.45, 7) is 2.30. The minimum atomic E-state index is -4.74. The quantitative estimate of drug-likeness (QED) is 0.907. The van der Waals surface area contributed by atoms with Crippen molar-refractivity contribution in [3.8, 4) is 0 Å². The van der Waals surface area contributed by atoms with Gasteiger partial charge in [0, 0.05) is 19.6 Å². The van der Waals surface area contributed by atoms with E-state index in [1.165, 1.54) is 10.3 Å². The molecule has 0 aromatic carbocycles. The molecular formula is C11H14F2N2O3S2. The minimum Gasteiger partial charge on any atom is -0.337 e. The van der Waals surface area contributed by atoms with Crippen molar-refractivity contribution in [1.82, 2.24) is 10.2 Å². The average Bonchev–Trinajstić information content (AvgIpc) is 2.74. The highest BCUT2D eigenvalue weighted by molar-refractivity contribution is 7.92. The minimum absolute atomic E-state index is 0.132. The summed E-state index contributed by atoms with van der Waals surface area (Å²) in [4.78, 5) is 13.1. The van der Waals surface area contributed by atoms with Gasteiger partial charge in [0.1, 0.15) is 4.88 Å². The van der Waals surface area contributed by atoms with Gasteiger partial charge in [0.05, 0.1) is 4.90 Å². The summed E-state index contributed by atoms with van der Waals surface area (Å²) in [6.07, 6.45) is 0.744. The molecule has 1 saturated heterocycles. The molecule has 5 nitrogen and oxygen atoms in total. The molecule has 0 bridgehead atoms. The van der Waals surface area contributed by atoms with Crippen LogP contribution in [0, 0.1) is 0 Å².